The van der Waals surface area contributed by atoms with Crippen molar-refractivity contribution in [3.05, 3.63) is 75.9 Å². The van der Waals surface area contributed by atoms with Crippen LogP contribution in [-0.2, 0) is 12.6 Å². The molecule has 1 heterocycles. The van der Waals surface area contributed by atoms with E-state index in [1.807, 2.05) is 0 Å². The minimum atomic E-state index is -4.63. The second-order valence-corrected chi connectivity index (χ2v) is 5.49. The summed E-state index contributed by atoms with van der Waals surface area (Å²) in [6, 6.07) is 10.6. The number of nitrogens with one attached hydrogen (secondary N) is 1. The third-order valence-corrected chi connectivity index (χ3v) is 3.71. The normalized spacial score (nSPS) is 11.7. The van der Waals surface area contributed by atoms with Crippen LogP contribution in [0.15, 0.2) is 57.7 Å². The molecule has 1 aromatic heterocycles. The molecule has 3 rings (SSSR count). The van der Waals surface area contributed by atoms with E-state index in [2.05, 4.69) is 5.32 Å². The lowest BCUT2D eigenvalue weighted by atomic mass is 10.1. The number of hydrogen-bond acceptors (Lipinski definition) is 3. The molecule has 0 spiro atoms. The maximum atomic E-state index is 13.0. The molecule has 0 aliphatic heterocycles. The number of fused-ring (bicyclic) bond motifs is 1. The average Bonchev–Trinajstić information content (AvgIpc) is 2.55. The van der Waals surface area contributed by atoms with E-state index >= 15 is 0 Å². The Labute approximate surface area is 139 Å². The lowest BCUT2D eigenvalue weighted by Gasteiger charge is -2.11. The molecule has 130 valence electrons. The predicted molar refractivity (Wildman–Crippen MR) is 86.1 cm³/mol. The highest BCUT2D eigenvalue weighted by Gasteiger charge is 2.33. The van der Waals surface area contributed by atoms with E-state index in [-0.39, 0.29) is 16.8 Å². The van der Waals surface area contributed by atoms with Crippen LogP contribution in [-0.4, -0.2) is 6.54 Å². The summed E-state index contributed by atoms with van der Waals surface area (Å²) in [7, 11) is 0. The summed E-state index contributed by atoms with van der Waals surface area (Å²) in [6.07, 6.45) is -4.03. The van der Waals surface area contributed by atoms with Gasteiger partial charge in [-0.3, -0.25) is 0 Å². The molecule has 0 radical (unpaired) electrons. The molecule has 0 fully saturated rings. The molecule has 3 aromatic rings. The van der Waals surface area contributed by atoms with Crippen LogP contribution in [0.1, 0.15) is 11.1 Å². The van der Waals surface area contributed by atoms with E-state index < -0.39 is 17.4 Å². The van der Waals surface area contributed by atoms with E-state index in [0.29, 0.717) is 24.7 Å². The van der Waals surface area contributed by atoms with Gasteiger partial charge in [-0.15, -0.1) is 0 Å². The largest absolute Gasteiger partial charge is 0.423 e. The van der Waals surface area contributed by atoms with Gasteiger partial charge in [0.15, 0.2) is 0 Å². The van der Waals surface area contributed by atoms with Crippen molar-refractivity contribution in [2.24, 2.45) is 0 Å². The summed E-state index contributed by atoms with van der Waals surface area (Å²) in [5.41, 5.74) is -0.760. The fourth-order valence-electron chi connectivity index (χ4n) is 2.51. The highest BCUT2D eigenvalue weighted by molar-refractivity contribution is 5.83. The highest BCUT2D eigenvalue weighted by atomic mass is 19.4. The SMILES string of the molecule is O=c1cc(C(F)(F)F)c2ccc(NCCc3ccc(F)cc3)cc2o1. The molecular formula is C18H13F4NO2. The second kappa shape index (κ2) is 6.58. The lowest BCUT2D eigenvalue weighted by Crippen LogP contribution is -2.11. The number of anilines is 1. The minimum absolute atomic E-state index is 0.133. The molecule has 3 nitrogen and oxygen atoms in total. The van der Waals surface area contributed by atoms with E-state index in [9.17, 15) is 22.4 Å². The van der Waals surface area contributed by atoms with Crippen LogP contribution >= 0.6 is 0 Å². The number of alkyl halides is 3. The Hall–Kier alpha value is -2.83. The molecule has 0 aliphatic carbocycles. The third-order valence-electron chi connectivity index (χ3n) is 3.71. The maximum Gasteiger partial charge on any atom is 0.417 e. The first kappa shape index (κ1) is 17.0. The summed E-state index contributed by atoms with van der Waals surface area (Å²) in [5.74, 6) is -0.318. The fourth-order valence-corrected chi connectivity index (χ4v) is 2.51. The smallest absolute Gasteiger partial charge is 0.417 e. The zero-order valence-electron chi connectivity index (χ0n) is 12.9. The van der Waals surface area contributed by atoms with Crippen LogP contribution in [0.5, 0.6) is 0 Å². The standard InChI is InChI=1S/C18H13F4NO2/c19-12-3-1-11(2-4-12)7-8-23-13-5-6-14-15(18(20,21)22)10-17(24)25-16(14)9-13/h1-6,9-10,23H,7-8H2. The number of halogens is 4. The predicted octanol–water partition coefficient (Wildman–Crippen LogP) is 4.61. The molecular weight excluding hydrogens is 338 g/mol. The van der Waals surface area contributed by atoms with Crippen LogP contribution in [0, 0.1) is 5.82 Å². The van der Waals surface area contributed by atoms with Crippen LogP contribution in [0.2, 0.25) is 0 Å². The van der Waals surface area contributed by atoms with Crippen molar-refractivity contribution in [2.75, 3.05) is 11.9 Å². The molecule has 0 unspecified atom stereocenters. The Balaban J connectivity index is 1.79. The number of benzene rings is 2. The molecule has 1 N–H and O–H groups in total. The summed E-state index contributed by atoms with van der Waals surface area (Å²) in [6.45, 7) is 0.486. The molecule has 0 saturated carbocycles. The topological polar surface area (TPSA) is 42.2 Å². The minimum Gasteiger partial charge on any atom is -0.423 e. The number of hydrogen-bond donors (Lipinski definition) is 1. The maximum absolute atomic E-state index is 13.0. The zero-order valence-corrected chi connectivity index (χ0v) is 12.9. The first-order valence-corrected chi connectivity index (χ1v) is 7.46. The quantitative estimate of drug-likeness (QED) is 0.552. The average molecular weight is 351 g/mol. The summed E-state index contributed by atoms with van der Waals surface area (Å²) < 4.78 is 56.7. The summed E-state index contributed by atoms with van der Waals surface area (Å²) in [4.78, 5) is 11.4. The van der Waals surface area contributed by atoms with Crippen molar-refractivity contribution in [3.63, 3.8) is 0 Å². The van der Waals surface area contributed by atoms with Gasteiger partial charge in [0, 0.05) is 29.8 Å². The molecule has 0 amide bonds. The van der Waals surface area contributed by atoms with Crippen molar-refractivity contribution in [2.45, 2.75) is 12.6 Å². The van der Waals surface area contributed by atoms with Gasteiger partial charge < -0.3 is 9.73 Å². The Kier molecular flexibility index (Phi) is 4.48. The molecule has 0 aliphatic rings. The van der Waals surface area contributed by atoms with Gasteiger partial charge in [-0.25, -0.2) is 9.18 Å². The van der Waals surface area contributed by atoms with E-state index in [4.69, 9.17) is 4.42 Å². The van der Waals surface area contributed by atoms with Crippen molar-refractivity contribution in [3.8, 4) is 0 Å². The van der Waals surface area contributed by atoms with Crippen LogP contribution in [0.4, 0.5) is 23.2 Å². The monoisotopic (exact) mass is 351 g/mol. The van der Waals surface area contributed by atoms with Crippen LogP contribution in [0.3, 0.4) is 0 Å². The molecule has 0 atom stereocenters. The van der Waals surface area contributed by atoms with E-state index in [1.54, 1.807) is 12.1 Å². The van der Waals surface area contributed by atoms with Gasteiger partial charge in [0.1, 0.15) is 11.4 Å². The second-order valence-electron chi connectivity index (χ2n) is 5.49. The third kappa shape index (κ3) is 3.99. The van der Waals surface area contributed by atoms with Crippen molar-refractivity contribution in [1.29, 1.82) is 0 Å². The van der Waals surface area contributed by atoms with Crippen LogP contribution < -0.4 is 10.9 Å². The highest BCUT2D eigenvalue weighted by Crippen LogP contribution is 2.34. The van der Waals surface area contributed by atoms with Gasteiger partial charge in [0.2, 0.25) is 0 Å². The summed E-state index contributed by atoms with van der Waals surface area (Å²) in [5, 5.41) is 2.87. The molecule has 7 heteroatoms. The summed E-state index contributed by atoms with van der Waals surface area (Å²) >= 11 is 0. The zero-order chi connectivity index (χ0) is 18.0. The molecule has 0 bridgehead atoms. The van der Waals surface area contributed by atoms with E-state index in [1.165, 1.54) is 30.3 Å². The Morgan fingerprint density at radius 1 is 1.00 bits per heavy atom. The fraction of sp³-hybridized carbons (Fsp3) is 0.167. The first-order chi connectivity index (χ1) is 11.8. The Bertz CT molecular complexity index is 946. The van der Waals surface area contributed by atoms with Crippen LogP contribution in [0.25, 0.3) is 11.0 Å². The molecule has 25 heavy (non-hydrogen) atoms. The first-order valence-electron chi connectivity index (χ1n) is 7.46. The Morgan fingerprint density at radius 2 is 1.72 bits per heavy atom. The van der Waals surface area contributed by atoms with Gasteiger partial charge in [-0.2, -0.15) is 13.2 Å². The Morgan fingerprint density at radius 3 is 2.40 bits per heavy atom. The number of rotatable bonds is 4. The van der Waals surface area contributed by atoms with Gasteiger partial charge in [-0.05, 0) is 36.2 Å². The van der Waals surface area contributed by atoms with Crippen molar-refractivity contribution < 1.29 is 22.0 Å². The van der Waals surface area contributed by atoms with Gasteiger partial charge in [-0.1, -0.05) is 12.1 Å². The van der Waals surface area contributed by atoms with Crippen molar-refractivity contribution in [1.82, 2.24) is 0 Å². The molecule has 2 aromatic carbocycles. The molecule has 0 saturated heterocycles. The van der Waals surface area contributed by atoms with Crippen molar-refractivity contribution >= 4 is 16.7 Å². The van der Waals surface area contributed by atoms with Gasteiger partial charge in [0.25, 0.3) is 0 Å². The lowest BCUT2D eigenvalue weighted by molar-refractivity contribution is -0.136. The van der Waals surface area contributed by atoms with Gasteiger partial charge >= 0.3 is 11.8 Å². The van der Waals surface area contributed by atoms with E-state index in [0.717, 1.165) is 5.56 Å². The van der Waals surface area contributed by atoms with Gasteiger partial charge in [0.05, 0.1) is 5.56 Å².